The number of benzene rings is 1. The molecular weight excluding hydrogens is 398 g/mol. The van der Waals surface area contributed by atoms with Crippen LogP contribution >= 0.6 is 12.4 Å². The number of hydrogen-bond acceptors (Lipinski definition) is 5. The predicted molar refractivity (Wildman–Crippen MR) is 104 cm³/mol. The van der Waals surface area contributed by atoms with E-state index >= 15 is 0 Å². The van der Waals surface area contributed by atoms with E-state index in [1.54, 1.807) is 0 Å². The Hall–Kier alpha value is -0.710. The summed E-state index contributed by atoms with van der Waals surface area (Å²) in [7, 11) is -5.97. The van der Waals surface area contributed by atoms with Gasteiger partial charge in [-0.1, -0.05) is 19.9 Å². The zero-order chi connectivity index (χ0) is 18.9. The molecule has 0 atom stereocenters. The number of sulfonamides is 2. The molecule has 0 saturated carbocycles. The van der Waals surface area contributed by atoms with Crippen molar-refractivity contribution in [2.75, 3.05) is 33.2 Å². The van der Waals surface area contributed by atoms with Crippen molar-refractivity contribution in [1.29, 1.82) is 0 Å². The summed E-state index contributed by atoms with van der Waals surface area (Å²) in [6.07, 6.45) is 1.66. The van der Waals surface area contributed by atoms with E-state index in [9.17, 15) is 16.8 Å². The summed E-state index contributed by atoms with van der Waals surface area (Å²) in [5.74, 6) is 0. The molecule has 2 N–H and O–H groups in total. The highest BCUT2D eigenvalue weighted by atomic mass is 35.5. The van der Waals surface area contributed by atoms with Crippen LogP contribution in [-0.2, 0) is 20.0 Å². The second-order valence-corrected chi connectivity index (χ2v) is 11.2. The van der Waals surface area contributed by atoms with E-state index in [0.717, 1.165) is 12.8 Å². The lowest BCUT2D eigenvalue weighted by Crippen LogP contribution is -2.39. The van der Waals surface area contributed by atoms with Crippen LogP contribution in [0.4, 0.5) is 0 Å². The highest BCUT2D eigenvalue weighted by molar-refractivity contribution is 7.90. The molecule has 1 aliphatic rings. The Morgan fingerprint density at radius 3 is 2.19 bits per heavy atom. The van der Waals surface area contributed by atoms with Crippen LogP contribution in [0.2, 0.25) is 0 Å². The quantitative estimate of drug-likeness (QED) is 0.713. The zero-order valence-corrected chi connectivity index (χ0v) is 17.8. The first-order valence-electron chi connectivity index (χ1n) is 8.27. The first-order chi connectivity index (χ1) is 11.5. The Kier molecular flexibility index (Phi) is 7.66. The van der Waals surface area contributed by atoms with Crippen LogP contribution in [0, 0.1) is 5.41 Å². The molecule has 0 bridgehead atoms. The van der Waals surface area contributed by atoms with Crippen LogP contribution in [-0.4, -0.2) is 58.7 Å². The van der Waals surface area contributed by atoms with Gasteiger partial charge in [-0.05, 0) is 43.0 Å². The molecule has 0 amide bonds. The van der Waals surface area contributed by atoms with E-state index in [-0.39, 0.29) is 34.2 Å². The number of rotatable bonds is 7. The maximum atomic E-state index is 12.8. The second kappa shape index (κ2) is 8.53. The van der Waals surface area contributed by atoms with Crippen LogP contribution in [0.25, 0.3) is 0 Å². The van der Waals surface area contributed by atoms with E-state index in [1.807, 2.05) is 13.8 Å². The van der Waals surface area contributed by atoms with Crippen LogP contribution in [0.1, 0.15) is 26.7 Å². The van der Waals surface area contributed by atoms with Gasteiger partial charge in [0.25, 0.3) is 0 Å². The Balaban J connectivity index is 0.00000338. The third kappa shape index (κ3) is 4.96. The van der Waals surface area contributed by atoms with E-state index in [4.69, 9.17) is 5.73 Å². The maximum absolute atomic E-state index is 12.8. The molecule has 150 valence electrons. The maximum Gasteiger partial charge on any atom is 0.243 e. The zero-order valence-electron chi connectivity index (χ0n) is 15.4. The van der Waals surface area contributed by atoms with Crippen molar-refractivity contribution in [3.63, 3.8) is 0 Å². The first kappa shape index (κ1) is 23.3. The minimum absolute atomic E-state index is 0. The molecule has 0 unspecified atom stereocenters. The number of halogens is 1. The van der Waals surface area contributed by atoms with E-state index in [2.05, 4.69) is 0 Å². The standard InChI is InChI=1S/C16H27N3O4S2.ClH/c1-16(2,12-17)13-18(3)24(20,21)14-7-6-8-15(11-14)25(22,23)19-9-4-5-10-19;/h6-8,11H,4-5,9-10,12-13,17H2,1-3H3;1H. The van der Waals surface area contributed by atoms with E-state index in [0.29, 0.717) is 19.6 Å². The van der Waals surface area contributed by atoms with E-state index < -0.39 is 20.0 Å². The van der Waals surface area contributed by atoms with Crippen molar-refractivity contribution in [2.24, 2.45) is 11.1 Å². The molecule has 1 aliphatic heterocycles. The summed E-state index contributed by atoms with van der Waals surface area (Å²) in [5.41, 5.74) is 5.31. The lowest BCUT2D eigenvalue weighted by Gasteiger charge is -2.28. The monoisotopic (exact) mass is 425 g/mol. The fraction of sp³-hybridized carbons (Fsp3) is 0.625. The Morgan fingerprint density at radius 1 is 1.12 bits per heavy atom. The Morgan fingerprint density at radius 2 is 1.65 bits per heavy atom. The normalized spacial score (nSPS) is 16.7. The lowest BCUT2D eigenvalue weighted by molar-refractivity contribution is 0.292. The lowest BCUT2D eigenvalue weighted by atomic mass is 9.94. The molecule has 1 aromatic rings. The number of nitrogens with zero attached hydrogens (tertiary/aromatic N) is 2. The molecule has 1 fully saturated rings. The fourth-order valence-corrected chi connectivity index (χ4v) is 5.85. The van der Waals surface area contributed by atoms with Gasteiger partial charge >= 0.3 is 0 Å². The van der Waals surface area contributed by atoms with Gasteiger partial charge in [-0.3, -0.25) is 0 Å². The third-order valence-electron chi connectivity index (χ3n) is 4.42. The molecule has 1 heterocycles. The van der Waals surface area contributed by atoms with Crippen LogP contribution < -0.4 is 5.73 Å². The average Bonchev–Trinajstić information content (AvgIpc) is 3.10. The fourth-order valence-electron chi connectivity index (χ4n) is 2.80. The van der Waals surface area contributed by atoms with Gasteiger partial charge in [-0.25, -0.2) is 21.1 Å². The van der Waals surface area contributed by atoms with Crippen LogP contribution in [0.15, 0.2) is 34.1 Å². The number of nitrogens with two attached hydrogens (primary N) is 1. The van der Waals surface area contributed by atoms with Crippen LogP contribution in [0.3, 0.4) is 0 Å². The van der Waals surface area contributed by atoms with Crippen molar-refractivity contribution in [2.45, 2.75) is 36.5 Å². The predicted octanol–water partition coefficient (Wildman–Crippen LogP) is 1.50. The van der Waals surface area contributed by atoms with Crippen molar-refractivity contribution in [3.05, 3.63) is 24.3 Å². The molecular formula is C16H28ClN3O4S2. The van der Waals surface area contributed by atoms with Gasteiger partial charge in [0.1, 0.15) is 0 Å². The summed E-state index contributed by atoms with van der Waals surface area (Å²) in [6.45, 7) is 5.31. The van der Waals surface area contributed by atoms with Gasteiger partial charge in [0.05, 0.1) is 9.79 Å². The topological polar surface area (TPSA) is 101 Å². The van der Waals surface area contributed by atoms with Gasteiger partial charge in [-0.2, -0.15) is 4.31 Å². The molecule has 7 nitrogen and oxygen atoms in total. The van der Waals surface area contributed by atoms with Crippen molar-refractivity contribution in [1.82, 2.24) is 8.61 Å². The minimum Gasteiger partial charge on any atom is -0.330 e. The minimum atomic E-state index is -3.79. The average molecular weight is 426 g/mol. The van der Waals surface area contributed by atoms with Gasteiger partial charge in [-0.15, -0.1) is 12.4 Å². The molecule has 10 heteroatoms. The van der Waals surface area contributed by atoms with Crippen LogP contribution in [0.5, 0.6) is 0 Å². The van der Waals surface area contributed by atoms with Gasteiger partial charge in [0.2, 0.25) is 20.0 Å². The van der Waals surface area contributed by atoms with Crippen molar-refractivity contribution < 1.29 is 16.8 Å². The third-order valence-corrected chi connectivity index (χ3v) is 8.11. The molecule has 0 aromatic heterocycles. The summed E-state index contributed by atoms with van der Waals surface area (Å²) >= 11 is 0. The molecule has 1 saturated heterocycles. The van der Waals surface area contributed by atoms with Gasteiger partial charge in [0.15, 0.2) is 0 Å². The molecule has 26 heavy (non-hydrogen) atoms. The second-order valence-electron chi connectivity index (χ2n) is 7.22. The summed E-state index contributed by atoms with van der Waals surface area (Å²) in [6, 6.07) is 5.58. The van der Waals surface area contributed by atoms with Gasteiger partial charge < -0.3 is 5.73 Å². The summed E-state index contributed by atoms with van der Waals surface area (Å²) in [5, 5.41) is 0. The molecule has 0 aliphatic carbocycles. The van der Waals surface area contributed by atoms with Crippen molar-refractivity contribution in [3.8, 4) is 0 Å². The molecule has 2 rings (SSSR count). The highest BCUT2D eigenvalue weighted by Gasteiger charge is 2.30. The number of hydrogen-bond donors (Lipinski definition) is 1. The Bertz CT molecular complexity index is 820. The summed E-state index contributed by atoms with van der Waals surface area (Å²) in [4.78, 5) is -0.00921. The van der Waals surface area contributed by atoms with Gasteiger partial charge in [0, 0.05) is 26.7 Å². The summed E-state index contributed by atoms with van der Waals surface area (Å²) < 4.78 is 53.6. The first-order valence-corrected chi connectivity index (χ1v) is 11.2. The SMILES string of the molecule is CN(CC(C)(C)CN)S(=O)(=O)c1cccc(S(=O)(=O)N2CCCC2)c1.Cl. The highest BCUT2D eigenvalue weighted by Crippen LogP contribution is 2.25. The molecule has 0 radical (unpaired) electrons. The van der Waals surface area contributed by atoms with E-state index in [1.165, 1.54) is 39.9 Å². The van der Waals surface area contributed by atoms with Crippen molar-refractivity contribution >= 4 is 32.5 Å². The Labute approximate surface area is 163 Å². The largest absolute Gasteiger partial charge is 0.330 e. The smallest absolute Gasteiger partial charge is 0.243 e. The molecule has 0 spiro atoms. The molecule has 1 aromatic carbocycles.